The van der Waals surface area contributed by atoms with E-state index in [4.69, 9.17) is 0 Å². The average Bonchev–Trinajstić information content (AvgIpc) is 3.15. The van der Waals surface area contributed by atoms with Crippen LogP contribution in [0.1, 0.15) is 36.1 Å². The molecule has 0 radical (unpaired) electrons. The summed E-state index contributed by atoms with van der Waals surface area (Å²) in [5.74, 6) is 0. The van der Waals surface area contributed by atoms with Crippen molar-refractivity contribution < 1.29 is 0 Å². The second kappa shape index (κ2) is 7.93. The van der Waals surface area contributed by atoms with Gasteiger partial charge in [-0.2, -0.15) is 0 Å². The summed E-state index contributed by atoms with van der Waals surface area (Å²) in [5.41, 5.74) is 0. The van der Waals surface area contributed by atoms with E-state index in [-0.39, 0.29) is 0 Å². The highest BCUT2D eigenvalue weighted by Crippen LogP contribution is 2.28. The molecule has 0 amide bonds. The molecule has 0 bridgehead atoms. The third-order valence-electron chi connectivity index (χ3n) is 3.81. The van der Waals surface area contributed by atoms with Crippen LogP contribution in [0.2, 0.25) is 0 Å². The summed E-state index contributed by atoms with van der Waals surface area (Å²) < 4.78 is 0. The highest BCUT2D eigenvalue weighted by atomic mass is 32.1. The van der Waals surface area contributed by atoms with Gasteiger partial charge in [0, 0.05) is 28.9 Å². The van der Waals surface area contributed by atoms with E-state index in [1.54, 1.807) is 0 Å². The first-order chi connectivity index (χ1) is 9.72. The molecule has 2 aromatic heterocycles. The molecule has 0 aliphatic rings. The molecule has 2 rings (SSSR count). The van der Waals surface area contributed by atoms with Crippen molar-refractivity contribution in [3.63, 3.8) is 0 Å². The van der Waals surface area contributed by atoms with Crippen LogP contribution < -0.4 is 5.32 Å². The molecule has 0 aliphatic heterocycles. The van der Waals surface area contributed by atoms with Crippen molar-refractivity contribution in [2.75, 3.05) is 20.1 Å². The number of nitrogens with one attached hydrogen (secondary N) is 1. The predicted octanol–water partition coefficient (Wildman–Crippen LogP) is 4.22. The van der Waals surface area contributed by atoms with Crippen LogP contribution in [0.3, 0.4) is 0 Å². The zero-order chi connectivity index (χ0) is 14.4. The zero-order valence-electron chi connectivity index (χ0n) is 12.5. The molecule has 0 spiro atoms. The van der Waals surface area contributed by atoms with Gasteiger partial charge < -0.3 is 10.2 Å². The lowest BCUT2D eigenvalue weighted by Crippen LogP contribution is -2.36. The van der Waals surface area contributed by atoms with Crippen molar-refractivity contribution in [1.29, 1.82) is 0 Å². The van der Waals surface area contributed by atoms with E-state index < -0.39 is 0 Å². The molecule has 1 unspecified atom stereocenters. The summed E-state index contributed by atoms with van der Waals surface area (Å²) in [7, 11) is 2.21. The first-order valence-corrected chi connectivity index (χ1v) is 8.98. The Morgan fingerprint density at radius 2 is 1.75 bits per heavy atom. The molecule has 1 atom stereocenters. The van der Waals surface area contributed by atoms with E-state index in [0.717, 1.165) is 13.1 Å². The number of thiophene rings is 2. The Bertz CT molecular complexity index is 430. The largest absolute Gasteiger partial charge is 0.304 e. The standard InChI is InChI=1S/C16H24N2S2/c1-4-13(2)18(3)10-9-17-16(14-7-5-11-19-14)15-8-6-12-20-15/h5-8,11-13,16-17H,4,9-10H2,1-3H3. The SMILES string of the molecule is CCC(C)N(C)CCNC(c1cccs1)c1cccs1. The second-order valence-electron chi connectivity index (χ2n) is 5.16. The van der Waals surface area contributed by atoms with Crippen molar-refractivity contribution in [3.8, 4) is 0 Å². The van der Waals surface area contributed by atoms with E-state index in [0.29, 0.717) is 12.1 Å². The van der Waals surface area contributed by atoms with Crippen LogP contribution in [-0.2, 0) is 0 Å². The highest BCUT2D eigenvalue weighted by Gasteiger charge is 2.16. The monoisotopic (exact) mass is 308 g/mol. The third-order valence-corrected chi connectivity index (χ3v) is 5.69. The Morgan fingerprint density at radius 3 is 2.20 bits per heavy atom. The van der Waals surface area contributed by atoms with Gasteiger partial charge in [0.25, 0.3) is 0 Å². The van der Waals surface area contributed by atoms with Crippen LogP contribution in [0.4, 0.5) is 0 Å². The van der Waals surface area contributed by atoms with Crippen LogP contribution in [0.25, 0.3) is 0 Å². The summed E-state index contributed by atoms with van der Waals surface area (Å²) in [6, 6.07) is 9.71. The lowest BCUT2D eigenvalue weighted by Gasteiger charge is -2.25. The number of likely N-dealkylation sites (N-methyl/N-ethyl adjacent to an activating group) is 1. The van der Waals surface area contributed by atoms with Gasteiger partial charge in [-0.25, -0.2) is 0 Å². The van der Waals surface area contributed by atoms with Crippen molar-refractivity contribution in [2.24, 2.45) is 0 Å². The van der Waals surface area contributed by atoms with Gasteiger partial charge in [0.15, 0.2) is 0 Å². The molecule has 0 aromatic carbocycles. The van der Waals surface area contributed by atoms with Crippen LogP contribution in [0, 0.1) is 0 Å². The number of rotatable bonds is 8. The van der Waals surface area contributed by atoms with E-state index in [1.165, 1.54) is 16.2 Å². The quantitative estimate of drug-likeness (QED) is 0.785. The maximum absolute atomic E-state index is 3.71. The van der Waals surface area contributed by atoms with Crippen LogP contribution in [-0.4, -0.2) is 31.1 Å². The summed E-state index contributed by atoms with van der Waals surface area (Å²) in [5, 5.41) is 8.02. The van der Waals surface area contributed by atoms with Gasteiger partial charge in [0.2, 0.25) is 0 Å². The van der Waals surface area contributed by atoms with E-state index in [2.05, 4.69) is 66.1 Å². The van der Waals surface area contributed by atoms with E-state index in [9.17, 15) is 0 Å². The Kier molecular flexibility index (Phi) is 6.23. The predicted molar refractivity (Wildman–Crippen MR) is 90.9 cm³/mol. The first kappa shape index (κ1) is 15.7. The van der Waals surface area contributed by atoms with Crippen LogP contribution in [0.15, 0.2) is 35.0 Å². The van der Waals surface area contributed by atoms with Gasteiger partial charge in [-0.05, 0) is 43.3 Å². The molecule has 20 heavy (non-hydrogen) atoms. The fourth-order valence-corrected chi connectivity index (χ4v) is 3.88. The third kappa shape index (κ3) is 4.16. The number of nitrogens with zero attached hydrogens (tertiary/aromatic N) is 1. The van der Waals surface area contributed by atoms with Crippen LogP contribution >= 0.6 is 22.7 Å². The first-order valence-electron chi connectivity index (χ1n) is 7.22. The molecule has 0 aliphatic carbocycles. The lowest BCUT2D eigenvalue weighted by atomic mass is 10.2. The van der Waals surface area contributed by atoms with Gasteiger partial charge in [0.1, 0.15) is 0 Å². The number of hydrogen-bond donors (Lipinski definition) is 1. The van der Waals surface area contributed by atoms with Gasteiger partial charge >= 0.3 is 0 Å². The molecule has 0 saturated carbocycles. The molecule has 2 nitrogen and oxygen atoms in total. The normalized spacial score (nSPS) is 13.2. The minimum absolute atomic E-state index is 0.348. The maximum atomic E-state index is 3.71. The fraction of sp³-hybridized carbons (Fsp3) is 0.500. The van der Waals surface area contributed by atoms with E-state index >= 15 is 0 Å². The Balaban J connectivity index is 1.93. The van der Waals surface area contributed by atoms with Crippen molar-refractivity contribution >= 4 is 22.7 Å². The van der Waals surface area contributed by atoms with Crippen molar-refractivity contribution in [3.05, 3.63) is 44.8 Å². The molecule has 0 saturated heterocycles. The Hall–Kier alpha value is -0.680. The van der Waals surface area contributed by atoms with Gasteiger partial charge in [-0.1, -0.05) is 19.1 Å². The van der Waals surface area contributed by atoms with Crippen molar-refractivity contribution in [2.45, 2.75) is 32.4 Å². The summed E-state index contributed by atoms with van der Waals surface area (Å²) >= 11 is 3.66. The van der Waals surface area contributed by atoms with Crippen LogP contribution in [0.5, 0.6) is 0 Å². The molecule has 0 fully saturated rings. The topological polar surface area (TPSA) is 15.3 Å². The fourth-order valence-electron chi connectivity index (χ4n) is 2.17. The molecular formula is C16H24N2S2. The average molecular weight is 309 g/mol. The van der Waals surface area contributed by atoms with Gasteiger partial charge in [-0.3, -0.25) is 0 Å². The smallest absolute Gasteiger partial charge is 0.0765 e. The second-order valence-corrected chi connectivity index (χ2v) is 7.11. The molecule has 1 N–H and O–H groups in total. The van der Waals surface area contributed by atoms with E-state index in [1.807, 2.05) is 22.7 Å². The Morgan fingerprint density at radius 1 is 1.15 bits per heavy atom. The summed E-state index contributed by atoms with van der Waals surface area (Å²) in [6.45, 7) is 6.63. The molecule has 2 heterocycles. The summed E-state index contributed by atoms with van der Waals surface area (Å²) in [6.07, 6.45) is 1.20. The number of hydrogen-bond acceptors (Lipinski definition) is 4. The minimum Gasteiger partial charge on any atom is -0.304 e. The molecule has 110 valence electrons. The molecular weight excluding hydrogens is 284 g/mol. The summed E-state index contributed by atoms with van der Waals surface area (Å²) in [4.78, 5) is 5.23. The molecule has 2 aromatic rings. The molecule has 4 heteroatoms. The van der Waals surface area contributed by atoms with Crippen molar-refractivity contribution in [1.82, 2.24) is 10.2 Å². The maximum Gasteiger partial charge on any atom is 0.0765 e. The zero-order valence-corrected chi connectivity index (χ0v) is 14.1. The Labute approximate surface area is 130 Å². The lowest BCUT2D eigenvalue weighted by molar-refractivity contribution is 0.250. The van der Waals surface area contributed by atoms with Gasteiger partial charge in [0.05, 0.1) is 6.04 Å². The highest BCUT2D eigenvalue weighted by molar-refractivity contribution is 7.11. The van der Waals surface area contributed by atoms with Gasteiger partial charge in [-0.15, -0.1) is 22.7 Å². The minimum atomic E-state index is 0.348.